The van der Waals surface area contributed by atoms with E-state index < -0.39 is 0 Å². The quantitative estimate of drug-likeness (QED) is 0.686. The van der Waals surface area contributed by atoms with Crippen LogP contribution in [0.15, 0.2) is 18.2 Å². The smallest absolute Gasteiger partial charge is 0.238 e. The first-order chi connectivity index (χ1) is 12.8. The van der Waals surface area contributed by atoms with Gasteiger partial charge in [0, 0.05) is 19.2 Å². The van der Waals surface area contributed by atoms with E-state index in [2.05, 4.69) is 16.2 Å². The van der Waals surface area contributed by atoms with Crippen molar-refractivity contribution in [2.24, 2.45) is 0 Å². The van der Waals surface area contributed by atoms with Crippen molar-refractivity contribution in [3.63, 3.8) is 0 Å². The maximum atomic E-state index is 12.3. The Balaban J connectivity index is 1.19. The van der Waals surface area contributed by atoms with Crippen LogP contribution in [0.5, 0.6) is 17.2 Å². The molecule has 26 heavy (non-hydrogen) atoms. The summed E-state index contributed by atoms with van der Waals surface area (Å²) >= 11 is 0. The third kappa shape index (κ3) is 4.20. The molecule has 2 fully saturated rings. The number of rotatable bonds is 6. The van der Waals surface area contributed by atoms with Gasteiger partial charge >= 0.3 is 0 Å². The first-order valence-corrected chi connectivity index (χ1v) is 9.21. The maximum Gasteiger partial charge on any atom is 0.238 e. The minimum atomic E-state index is -0.260. The minimum Gasteiger partial charge on any atom is -0.492 e. The van der Waals surface area contributed by atoms with Crippen LogP contribution in [-0.4, -0.2) is 50.6 Å². The summed E-state index contributed by atoms with van der Waals surface area (Å²) in [5.41, 5.74) is 6.17. The molecule has 1 aromatic carbocycles. The number of benzene rings is 1. The molecule has 3 N–H and O–H groups in total. The lowest BCUT2D eigenvalue weighted by Gasteiger charge is -2.23. The van der Waals surface area contributed by atoms with E-state index in [4.69, 9.17) is 18.9 Å². The van der Waals surface area contributed by atoms with E-state index in [1.807, 2.05) is 18.2 Å². The van der Waals surface area contributed by atoms with Crippen molar-refractivity contribution >= 4 is 5.91 Å². The van der Waals surface area contributed by atoms with Gasteiger partial charge in [-0.05, 0) is 37.8 Å². The SMILES string of the molecule is O=C(NCC1CCCCO1)C1CC(COc2ccc3c(c2)OCO3)NN1. The lowest BCUT2D eigenvalue weighted by molar-refractivity contribution is -0.123. The number of carbonyl (C=O) groups excluding carboxylic acids is 1. The van der Waals surface area contributed by atoms with E-state index in [0.717, 1.165) is 30.9 Å². The molecule has 0 saturated carbocycles. The van der Waals surface area contributed by atoms with Gasteiger partial charge in [-0.15, -0.1) is 0 Å². The van der Waals surface area contributed by atoms with Crippen LogP contribution >= 0.6 is 0 Å². The Hall–Kier alpha value is -2.03. The largest absolute Gasteiger partial charge is 0.492 e. The van der Waals surface area contributed by atoms with Gasteiger partial charge in [0.05, 0.1) is 12.1 Å². The summed E-state index contributed by atoms with van der Waals surface area (Å²) in [7, 11) is 0. The van der Waals surface area contributed by atoms with Crippen molar-refractivity contribution in [1.82, 2.24) is 16.2 Å². The number of hydrogen-bond acceptors (Lipinski definition) is 7. The van der Waals surface area contributed by atoms with Gasteiger partial charge in [0.1, 0.15) is 18.4 Å². The Morgan fingerprint density at radius 2 is 2.15 bits per heavy atom. The van der Waals surface area contributed by atoms with E-state index in [-0.39, 0.29) is 30.9 Å². The van der Waals surface area contributed by atoms with Crippen molar-refractivity contribution in [2.45, 2.75) is 43.9 Å². The highest BCUT2D eigenvalue weighted by Gasteiger charge is 2.30. The van der Waals surface area contributed by atoms with Crippen molar-refractivity contribution in [3.05, 3.63) is 18.2 Å². The number of hydrazine groups is 1. The molecular formula is C18H25N3O5. The molecule has 3 heterocycles. The van der Waals surface area contributed by atoms with Gasteiger partial charge in [-0.3, -0.25) is 10.2 Å². The van der Waals surface area contributed by atoms with Crippen molar-refractivity contribution < 1.29 is 23.7 Å². The molecule has 3 atom stereocenters. The fourth-order valence-electron chi connectivity index (χ4n) is 3.37. The van der Waals surface area contributed by atoms with Gasteiger partial charge in [0.2, 0.25) is 12.7 Å². The third-order valence-corrected chi connectivity index (χ3v) is 4.87. The van der Waals surface area contributed by atoms with Crippen molar-refractivity contribution in [1.29, 1.82) is 0 Å². The summed E-state index contributed by atoms with van der Waals surface area (Å²) in [6, 6.07) is 5.30. The molecule has 142 valence electrons. The van der Waals surface area contributed by atoms with E-state index in [0.29, 0.717) is 25.3 Å². The first kappa shape index (κ1) is 17.4. The molecule has 0 aliphatic carbocycles. The number of ether oxygens (including phenoxy) is 4. The fourth-order valence-corrected chi connectivity index (χ4v) is 3.37. The number of nitrogens with one attached hydrogen (secondary N) is 3. The summed E-state index contributed by atoms with van der Waals surface area (Å²) in [6.45, 7) is 2.08. The Labute approximate surface area is 152 Å². The lowest BCUT2D eigenvalue weighted by Crippen LogP contribution is -2.46. The van der Waals surface area contributed by atoms with Gasteiger partial charge < -0.3 is 24.3 Å². The van der Waals surface area contributed by atoms with E-state index in [9.17, 15) is 4.79 Å². The number of carbonyl (C=O) groups is 1. The molecular weight excluding hydrogens is 338 g/mol. The maximum absolute atomic E-state index is 12.3. The summed E-state index contributed by atoms with van der Waals surface area (Å²) < 4.78 is 22.1. The highest BCUT2D eigenvalue weighted by atomic mass is 16.7. The van der Waals surface area contributed by atoms with Gasteiger partial charge in [-0.2, -0.15) is 0 Å². The Morgan fingerprint density at radius 3 is 3.04 bits per heavy atom. The zero-order valence-corrected chi connectivity index (χ0v) is 14.7. The first-order valence-electron chi connectivity index (χ1n) is 9.21. The highest BCUT2D eigenvalue weighted by Crippen LogP contribution is 2.35. The van der Waals surface area contributed by atoms with Crippen LogP contribution in [0, 0.1) is 0 Å². The van der Waals surface area contributed by atoms with Gasteiger partial charge in [0.25, 0.3) is 0 Å². The lowest BCUT2D eigenvalue weighted by atomic mass is 10.1. The molecule has 0 radical (unpaired) electrons. The van der Waals surface area contributed by atoms with Crippen LogP contribution in [0.2, 0.25) is 0 Å². The van der Waals surface area contributed by atoms with Crippen LogP contribution in [-0.2, 0) is 9.53 Å². The Bertz CT molecular complexity index is 635. The molecule has 1 aromatic rings. The van der Waals surface area contributed by atoms with Crippen LogP contribution in [0.4, 0.5) is 0 Å². The van der Waals surface area contributed by atoms with Crippen molar-refractivity contribution in [3.8, 4) is 17.2 Å². The van der Waals surface area contributed by atoms with Crippen LogP contribution in [0.25, 0.3) is 0 Å². The molecule has 0 bridgehead atoms. The predicted octanol–water partition coefficient (Wildman–Crippen LogP) is 0.714. The molecule has 8 heteroatoms. The standard InChI is InChI=1S/C18H25N3O5/c22-18(19-9-14-3-1-2-6-23-14)15-7-12(20-21-15)10-24-13-4-5-16-17(8-13)26-11-25-16/h4-5,8,12,14-15,20-21H,1-3,6-7,9-11H2,(H,19,22). The van der Waals surface area contributed by atoms with Crippen molar-refractivity contribution in [2.75, 3.05) is 26.6 Å². The molecule has 1 amide bonds. The number of amides is 1. The normalized spacial score (nSPS) is 27.3. The third-order valence-electron chi connectivity index (χ3n) is 4.87. The Kier molecular flexibility index (Phi) is 5.42. The second-order valence-electron chi connectivity index (χ2n) is 6.83. The molecule has 2 saturated heterocycles. The molecule has 4 rings (SSSR count). The summed E-state index contributed by atoms with van der Waals surface area (Å²) in [5, 5.41) is 2.98. The highest BCUT2D eigenvalue weighted by molar-refractivity contribution is 5.82. The van der Waals surface area contributed by atoms with E-state index >= 15 is 0 Å². The molecule has 0 aromatic heterocycles. The van der Waals surface area contributed by atoms with E-state index in [1.54, 1.807) is 0 Å². The minimum absolute atomic E-state index is 0.00254. The summed E-state index contributed by atoms with van der Waals surface area (Å²) in [4.78, 5) is 12.3. The molecule has 3 unspecified atom stereocenters. The zero-order valence-electron chi connectivity index (χ0n) is 14.7. The number of hydrogen-bond donors (Lipinski definition) is 3. The van der Waals surface area contributed by atoms with Gasteiger partial charge in [-0.1, -0.05) is 0 Å². The molecule has 3 aliphatic heterocycles. The van der Waals surface area contributed by atoms with Gasteiger partial charge in [-0.25, -0.2) is 5.43 Å². The molecule has 8 nitrogen and oxygen atoms in total. The fraction of sp³-hybridized carbons (Fsp3) is 0.611. The Morgan fingerprint density at radius 1 is 1.23 bits per heavy atom. The predicted molar refractivity (Wildman–Crippen MR) is 93.1 cm³/mol. The average molecular weight is 363 g/mol. The summed E-state index contributed by atoms with van der Waals surface area (Å²) in [5.74, 6) is 2.15. The van der Waals surface area contributed by atoms with E-state index in [1.165, 1.54) is 6.42 Å². The molecule has 3 aliphatic rings. The average Bonchev–Trinajstić information content (AvgIpc) is 3.34. The van der Waals surface area contributed by atoms with Crippen LogP contribution in [0.3, 0.4) is 0 Å². The van der Waals surface area contributed by atoms with Crippen LogP contribution < -0.4 is 30.4 Å². The second kappa shape index (κ2) is 8.11. The molecule has 0 spiro atoms. The van der Waals surface area contributed by atoms with Crippen LogP contribution in [0.1, 0.15) is 25.7 Å². The van der Waals surface area contributed by atoms with Gasteiger partial charge in [0.15, 0.2) is 11.5 Å². The second-order valence-corrected chi connectivity index (χ2v) is 6.83. The summed E-state index contributed by atoms with van der Waals surface area (Å²) in [6.07, 6.45) is 4.11. The zero-order chi connectivity index (χ0) is 17.8. The monoisotopic (exact) mass is 363 g/mol. The number of fused-ring (bicyclic) bond motifs is 1. The topological polar surface area (TPSA) is 90.1 Å².